The predicted molar refractivity (Wildman–Crippen MR) is 158 cm³/mol. The van der Waals surface area contributed by atoms with Crippen molar-refractivity contribution in [1.29, 1.82) is 0 Å². The van der Waals surface area contributed by atoms with Crippen molar-refractivity contribution in [3.05, 3.63) is 122 Å². The Morgan fingerprint density at radius 1 is 0.579 bits per heavy atom. The second kappa shape index (κ2) is 8.33. The Hall–Kier alpha value is -4.87. The molecule has 8 rings (SSSR count). The Balaban J connectivity index is 1.54. The van der Waals surface area contributed by atoms with Crippen molar-refractivity contribution >= 4 is 53.3 Å². The molecular formula is C33H20N4S. The normalized spacial score (nSPS) is 11.7. The zero-order valence-corrected chi connectivity index (χ0v) is 21.1. The Labute approximate surface area is 222 Å². The second-order valence-electron chi connectivity index (χ2n) is 9.32. The first-order chi connectivity index (χ1) is 18.8. The van der Waals surface area contributed by atoms with Gasteiger partial charge in [-0.05, 0) is 59.3 Å². The van der Waals surface area contributed by atoms with Crippen molar-refractivity contribution in [2.45, 2.75) is 0 Å². The van der Waals surface area contributed by atoms with E-state index in [2.05, 4.69) is 87.3 Å². The van der Waals surface area contributed by atoms with Gasteiger partial charge in [-0.1, -0.05) is 60.7 Å². The van der Waals surface area contributed by atoms with Crippen LogP contribution < -0.4 is 0 Å². The molecule has 5 heterocycles. The van der Waals surface area contributed by atoms with Crippen LogP contribution >= 0.6 is 11.3 Å². The number of hydrogen-bond acceptors (Lipinski definition) is 4. The summed E-state index contributed by atoms with van der Waals surface area (Å²) in [7, 11) is 0. The zero-order valence-electron chi connectivity index (χ0n) is 20.2. The summed E-state index contributed by atoms with van der Waals surface area (Å²) >= 11 is 1.86. The van der Waals surface area contributed by atoms with Gasteiger partial charge in [-0.2, -0.15) is 0 Å². The molecule has 0 atom stereocenters. The summed E-state index contributed by atoms with van der Waals surface area (Å²) in [6.07, 6.45) is 3.62. The maximum absolute atomic E-state index is 5.01. The van der Waals surface area contributed by atoms with Crippen molar-refractivity contribution in [2.75, 3.05) is 0 Å². The summed E-state index contributed by atoms with van der Waals surface area (Å²) < 4.78 is 4.98. The van der Waals surface area contributed by atoms with Gasteiger partial charge >= 0.3 is 0 Å². The highest BCUT2D eigenvalue weighted by atomic mass is 32.1. The molecule has 8 aromatic rings. The lowest BCUT2D eigenvalue weighted by atomic mass is 10.1. The van der Waals surface area contributed by atoms with Gasteiger partial charge in [0.15, 0.2) is 0 Å². The van der Waals surface area contributed by atoms with Crippen LogP contribution in [0.4, 0.5) is 0 Å². The highest BCUT2D eigenvalue weighted by molar-refractivity contribution is 7.26. The molecule has 0 spiro atoms. The molecule has 0 saturated heterocycles. The van der Waals surface area contributed by atoms with E-state index in [0.29, 0.717) is 0 Å². The Kier molecular flexibility index (Phi) is 4.66. The summed E-state index contributed by atoms with van der Waals surface area (Å²) in [6, 6.07) is 38.0. The molecule has 0 unspecified atom stereocenters. The van der Waals surface area contributed by atoms with E-state index in [1.807, 2.05) is 60.1 Å². The Morgan fingerprint density at radius 3 is 1.95 bits per heavy atom. The number of thiophene rings is 1. The summed E-state index contributed by atoms with van der Waals surface area (Å²) in [5.41, 5.74) is 6.75. The maximum atomic E-state index is 5.01. The number of aromatic nitrogens is 4. The lowest BCUT2D eigenvalue weighted by molar-refractivity contribution is 1.15. The van der Waals surface area contributed by atoms with E-state index in [-0.39, 0.29) is 0 Å². The van der Waals surface area contributed by atoms with Crippen LogP contribution in [0.1, 0.15) is 0 Å². The predicted octanol–water partition coefficient (Wildman–Crippen LogP) is 8.67. The molecule has 0 fully saturated rings. The Bertz CT molecular complexity index is 2070. The minimum atomic E-state index is 0.819. The fourth-order valence-corrected chi connectivity index (χ4v) is 6.69. The van der Waals surface area contributed by atoms with Crippen LogP contribution in [0.2, 0.25) is 0 Å². The van der Waals surface area contributed by atoms with Crippen molar-refractivity contribution in [1.82, 2.24) is 19.5 Å². The molecule has 5 heteroatoms. The van der Waals surface area contributed by atoms with E-state index in [0.717, 1.165) is 28.5 Å². The number of rotatable bonds is 3. The summed E-state index contributed by atoms with van der Waals surface area (Å²) in [5, 5.41) is 5.05. The van der Waals surface area contributed by atoms with Crippen LogP contribution in [-0.2, 0) is 0 Å². The van der Waals surface area contributed by atoms with Gasteiger partial charge in [-0.3, -0.25) is 9.97 Å². The van der Waals surface area contributed by atoms with Gasteiger partial charge in [0.1, 0.15) is 0 Å². The lowest BCUT2D eigenvalue weighted by Gasteiger charge is -2.13. The molecule has 178 valence electrons. The van der Waals surface area contributed by atoms with Gasteiger partial charge in [0.05, 0.1) is 44.2 Å². The van der Waals surface area contributed by atoms with Gasteiger partial charge in [0.25, 0.3) is 0 Å². The highest BCUT2D eigenvalue weighted by Gasteiger charge is 2.21. The minimum Gasteiger partial charge on any atom is -0.308 e. The first-order valence-corrected chi connectivity index (χ1v) is 13.4. The van der Waals surface area contributed by atoms with Crippen LogP contribution in [0.3, 0.4) is 0 Å². The van der Waals surface area contributed by atoms with Gasteiger partial charge in [0.2, 0.25) is 0 Å². The van der Waals surface area contributed by atoms with E-state index in [4.69, 9.17) is 4.98 Å². The number of nitrogens with zero attached hydrogens (tertiary/aromatic N) is 4. The molecule has 0 bridgehead atoms. The van der Waals surface area contributed by atoms with Crippen molar-refractivity contribution in [3.63, 3.8) is 0 Å². The molecular weight excluding hydrogens is 484 g/mol. The third kappa shape index (κ3) is 3.19. The van der Waals surface area contributed by atoms with Crippen LogP contribution in [0.15, 0.2) is 122 Å². The van der Waals surface area contributed by atoms with Crippen LogP contribution in [0, 0.1) is 0 Å². The number of fused-ring (bicyclic) bond motifs is 7. The average Bonchev–Trinajstić information content (AvgIpc) is 3.52. The minimum absolute atomic E-state index is 0.819. The number of pyridine rings is 3. The van der Waals surface area contributed by atoms with Gasteiger partial charge in [0, 0.05) is 27.9 Å². The monoisotopic (exact) mass is 504 g/mol. The maximum Gasteiger partial charge on any atom is 0.0915 e. The van der Waals surface area contributed by atoms with E-state index in [1.165, 1.54) is 42.0 Å². The van der Waals surface area contributed by atoms with E-state index >= 15 is 0 Å². The number of hydrogen-bond donors (Lipinski definition) is 0. The lowest BCUT2D eigenvalue weighted by Crippen LogP contribution is -1.99. The third-order valence-corrected chi connectivity index (χ3v) is 8.27. The first-order valence-electron chi connectivity index (χ1n) is 12.5. The third-order valence-electron chi connectivity index (χ3n) is 7.09. The second-order valence-corrected chi connectivity index (χ2v) is 10.4. The number of benzene rings is 3. The van der Waals surface area contributed by atoms with Crippen LogP contribution in [0.25, 0.3) is 70.4 Å². The molecule has 0 radical (unpaired) electrons. The molecule has 0 saturated carbocycles. The van der Waals surface area contributed by atoms with E-state index in [1.54, 1.807) is 0 Å². The van der Waals surface area contributed by atoms with E-state index in [9.17, 15) is 0 Å². The van der Waals surface area contributed by atoms with Crippen LogP contribution in [0.5, 0.6) is 0 Å². The highest BCUT2D eigenvalue weighted by Crippen LogP contribution is 2.45. The molecule has 0 aliphatic heterocycles. The largest absolute Gasteiger partial charge is 0.308 e. The van der Waals surface area contributed by atoms with Gasteiger partial charge in [-0.25, -0.2) is 4.98 Å². The Morgan fingerprint density at radius 2 is 1.24 bits per heavy atom. The van der Waals surface area contributed by atoms with Crippen molar-refractivity contribution in [3.8, 4) is 28.5 Å². The molecule has 0 aliphatic carbocycles. The van der Waals surface area contributed by atoms with Gasteiger partial charge in [-0.15, -0.1) is 11.3 Å². The van der Waals surface area contributed by atoms with Crippen LogP contribution in [-0.4, -0.2) is 19.5 Å². The molecule has 4 nitrogen and oxygen atoms in total. The molecule has 0 amide bonds. The summed E-state index contributed by atoms with van der Waals surface area (Å²) in [6.45, 7) is 0. The quantitative estimate of drug-likeness (QED) is 0.242. The fourth-order valence-electron chi connectivity index (χ4n) is 5.43. The molecule has 0 aliphatic rings. The van der Waals surface area contributed by atoms with Gasteiger partial charge < -0.3 is 4.57 Å². The smallest absolute Gasteiger partial charge is 0.0915 e. The molecule has 38 heavy (non-hydrogen) atoms. The van der Waals surface area contributed by atoms with Crippen molar-refractivity contribution < 1.29 is 0 Å². The topological polar surface area (TPSA) is 43.6 Å². The summed E-state index contributed by atoms with van der Waals surface area (Å²) in [4.78, 5) is 14.3. The zero-order chi connectivity index (χ0) is 25.1. The molecule has 3 aromatic carbocycles. The van der Waals surface area contributed by atoms with Crippen molar-refractivity contribution in [2.24, 2.45) is 0 Å². The average molecular weight is 505 g/mol. The molecule has 5 aromatic heterocycles. The van der Waals surface area contributed by atoms with E-state index < -0.39 is 0 Å². The summed E-state index contributed by atoms with van der Waals surface area (Å²) in [5.74, 6) is 0. The standard InChI is InChI=1S/C33H20N4S/c1-2-10-23-21(9-1)15-16-29-31(23)33-32(24-11-3-4-14-30(24)38-33)37(29)22-19-27(25-12-5-7-17-34-25)36-28(20-22)26-13-6-8-18-35-26/h1-20H. The fraction of sp³-hybridized carbons (Fsp3) is 0. The first kappa shape index (κ1) is 21.2. The SMILES string of the molecule is c1ccc(-c2cc(-n3c4ccc5ccccc5c4c4sc5ccccc5c43)cc(-c3ccccn3)n2)nc1. The molecule has 0 N–H and O–H groups in total.